The third-order valence-electron chi connectivity index (χ3n) is 5.63. The van der Waals surface area contributed by atoms with Gasteiger partial charge in [0.2, 0.25) is 0 Å². The molecule has 0 saturated carbocycles. The molecular formula is C23H27ClF3N5O3. The van der Waals surface area contributed by atoms with Crippen LogP contribution in [0.5, 0.6) is 0 Å². The number of pyridine rings is 1. The van der Waals surface area contributed by atoms with E-state index in [4.69, 9.17) is 9.47 Å². The molecule has 3 heterocycles. The highest BCUT2D eigenvalue weighted by atomic mass is 35.5. The molecule has 2 aromatic heterocycles. The molecule has 0 unspecified atom stereocenters. The first-order valence-corrected chi connectivity index (χ1v) is 11.0. The van der Waals surface area contributed by atoms with E-state index in [1.165, 1.54) is 12.3 Å². The number of hydrogen-bond donors (Lipinski definition) is 2. The Morgan fingerprint density at radius 2 is 2.03 bits per heavy atom. The lowest BCUT2D eigenvalue weighted by molar-refractivity contribution is -0.138. The number of hydrogen-bond acceptors (Lipinski definition) is 6. The van der Waals surface area contributed by atoms with E-state index in [0.29, 0.717) is 57.0 Å². The number of methoxy groups -OCH3 is 1. The summed E-state index contributed by atoms with van der Waals surface area (Å²) in [5.41, 5.74) is 0.700. The monoisotopic (exact) mass is 513 g/mol. The van der Waals surface area contributed by atoms with Crippen LogP contribution in [-0.4, -0.2) is 72.3 Å². The number of morpholine rings is 1. The molecule has 0 bridgehead atoms. The second-order valence-electron chi connectivity index (χ2n) is 8.00. The van der Waals surface area contributed by atoms with Gasteiger partial charge >= 0.3 is 6.18 Å². The van der Waals surface area contributed by atoms with Gasteiger partial charge in [0.15, 0.2) is 5.65 Å². The van der Waals surface area contributed by atoms with Gasteiger partial charge in [-0.25, -0.2) is 9.97 Å². The molecule has 1 fully saturated rings. The molecule has 1 saturated heterocycles. The van der Waals surface area contributed by atoms with Crippen molar-refractivity contribution in [2.24, 2.45) is 0 Å². The minimum atomic E-state index is -4.52. The fourth-order valence-corrected chi connectivity index (χ4v) is 3.88. The number of H-pyrrole nitrogens is 1. The smallest absolute Gasteiger partial charge is 0.385 e. The Balaban J connectivity index is 0.00000342. The number of benzene rings is 1. The van der Waals surface area contributed by atoms with E-state index in [1.54, 1.807) is 19.2 Å². The number of aromatic amines is 1. The van der Waals surface area contributed by atoms with Crippen molar-refractivity contribution < 1.29 is 27.4 Å². The molecular weight excluding hydrogens is 487 g/mol. The van der Waals surface area contributed by atoms with Crippen molar-refractivity contribution in [2.45, 2.75) is 19.1 Å². The molecule has 190 valence electrons. The van der Waals surface area contributed by atoms with E-state index >= 15 is 0 Å². The van der Waals surface area contributed by atoms with Gasteiger partial charge < -0.3 is 19.8 Å². The van der Waals surface area contributed by atoms with Crippen molar-refractivity contribution in [2.75, 3.05) is 46.6 Å². The third-order valence-corrected chi connectivity index (χ3v) is 5.63. The molecule has 35 heavy (non-hydrogen) atoms. The highest BCUT2D eigenvalue weighted by Crippen LogP contribution is 2.35. The Morgan fingerprint density at radius 1 is 1.26 bits per heavy atom. The number of halogens is 4. The number of nitrogens with zero attached hydrogens (tertiary/aromatic N) is 3. The van der Waals surface area contributed by atoms with Gasteiger partial charge in [-0.05, 0) is 24.1 Å². The topological polar surface area (TPSA) is 92.4 Å². The van der Waals surface area contributed by atoms with Crippen LogP contribution in [0.15, 0.2) is 30.5 Å². The van der Waals surface area contributed by atoms with Crippen LogP contribution in [0.25, 0.3) is 22.6 Å². The van der Waals surface area contributed by atoms with Crippen molar-refractivity contribution >= 4 is 29.5 Å². The average molecular weight is 514 g/mol. The summed E-state index contributed by atoms with van der Waals surface area (Å²) in [6, 6.07) is 5.73. The number of fused-ring (bicyclic) bond motifs is 1. The predicted molar refractivity (Wildman–Crippen MR) is 126 cm³/mol. The summed E-state index contributed by atoms with van der Waals surface area (Å²) < 4.78 is 51.9. The van der Waals surface area contributed by atoms with Crippen LogP contribution < -0.4 is 5.32 Å². The van der Waals surface area contributed by atoms with E-state index in [0.717, 1.165) is 6.07 Å². The highest BCUT2D eigenvalue weighted by Gasteiger charge is 2.34. The molecule has 2 N–H and O–H groups in total. The number of carbonyl (C=O) groups excluding carboxylic acids is 1. The lowest BCUT2D eigenvalue weighted by Crippen LogP contribution is -2.36. The highest BCUT2D eigenvalue weighted by molar-refractivity contribution is 6.04. The molecule has 1 aromatic carbocycles. The van der Waals surface area contributed by atoms with E-state index in [2.05, 4.69) is 20.3 Å². The normalized spacial score (nSPS) is 14.6. The van der Waals surface area contributed by atoms with E-state index in [-0.39, 0.29) is 47.5 Å². The quantitative estimate of drug-likeness (QED) is 0.447. The molecule has 3 aromatic rings. The average Bonchev–Trinajstić information content (AvgIpc) is 3.26. The number of carbonyl (C=O) groups is 1. The molecule has 0 aliphatic carbocycles. The SMILES string of the molecule is COCCCNC(=O)c1ccnc2nc(-c3ccc(CN4CCOCC4)c(C(F)(F)F)c3)[nH]c12.Cl. The van der Waals surface area contributed by atoms with E-state index in [9.17, 15) is 18.0 Å². The molecule has 8 nitrogen and oxygen atoms in total. The third kappa shape index (κ3) is 6.49. The minimum Gasteiger partial charge on any atom is -0.385 e. The van der Waals surface area contributed by atoms with Gasteiger partial charge in [0.1, 0.15) is 5.82 Å². The number of imidazole rings is 1. The van der Waals surface area contributed by atoms with Crippen LogP contribution in [0.4, 0.5) is 13.2 Å². The Morgan fingerprint density at radius 3 is 2.74 bits per heavy atom. The van der Waals surface area contributed by atoms with Gasteiger partial charge in [-0.3, -0.25) is 9.69 Å². The number of aromatic nitrogens is 3. The maximum Gasteiger partial charge on any atom is 0.416 e. The van der Waals surface area contributed by atoms with E-state index in [1.807, 2.05) is 4.90 Å². The fourth-order valence-electron chi connectivity index (χ4n) is 3.88. The zero-order valence-electron chi connectivity index (χ0n) is 19.2. The number of amides is 1. The maximum atomic E-state index is 13.9. The van der Waals surface area contributed by atoms with Gasteiger partial charge in [0.25, 0.3) is 5.91 Å². The van der Waals surface area contributed by atoms with Crippen molar-refractivity contribution in [3.63, 3.8) is 0 Å². The summed E-state index contributed by atoms with van der Waals surface area (Å²) >= 11 is 0. The number of nitrogens with one attached hydrogen (secondary N) is 2. The second kappa shape index (κ2) is 11.8. The molecule has 4 rings (SSSR count). The van der Waals surface area contributed by atoms with Crippen LogP contribution in [0.2, 0.25) is 0 Å². The van der Waals surface area contributed by atoms with Crippen molar-refractivity contribution in [3.05, 3.63) is 47.2 Å². The van der Waals surface area contributed by atoms with Gasteiger partial charge in [0.05, 0.1) is 29.9 Å². The Kier molecular flexibility index (Phi) is 9.06. The van der Waals surface area contributed by atoms with Gasteiger partial charge in [-0.15, -0.1) is 12.4 Å². The Labute approximate surface area is 206 Å². The maximum absolute atomic E-state index is 13.9. The lowest BCUT2D eigenvalue weighted by atomic mass is 10.0. The zero-order chi connectivity index (χ0) is 24.1. The predicted octanol–water partition coefficient (Wildman–Crippen LogP) is 3.66. The van der Waals surface area contributed by atoms with Gasteiger partial charge in [-0.2, -0.15) is 13.2 Å². The molecule has 12 heteroatoms. The summed E-state index contributed by atoms with van der Waals surface area (Å²) in [5, 5.41) is 2.79. The fraction of sp³-hybridized carbons (Fsp3) is 0.435. The van der Waals surface area contributed by atoms with E-state index < -0.39 is 11.7 Å². The summed E-state index contributed by atoms with van der Waals surface area (Å²) in [6.45, 7) is 3.32. The van der Waals surface area contributed by atoms with Crippen LogP contribution in [0, 0.1) is 0 Å². The molecule has 0 atom stereocenters. The first kappa shape index (κ1) is 26.9. The lowest BCUT2D eigenvalue weighted by Gasteiger charge is -2.27. The van der Waals surface area contributed by atoms with Crippen LogP contribution >= 0.6 is 12.4 Å². The van der Waals surface area contributed by atoms with Crippen molar-refractivity contribution in [1.29, 1.82) is 0 Å². The molecule has 1 aliphatic rings. The molecule has 1 aliphatic heterocycles. The summed E-state index contributed by atoms with van der Waals surface area (Å²) in [5.74, 6) is -0.110. The largest absolute Gasteiger partial charge is 0.416 e. The summed E-state index contributed by atoms with van der Waals surface area (Å²) in [6.07, 6.45) is -2.42. The standard InChI is InChI=1S/C23H26F3N5O3.ClH/c1-33-10-2-6-28-22(32)17-5-7-27-21-19(17)29-20(30-21)15-3-4-16(18(13-15)23(24,25)26)14-31-8-11-34-12-9-31;/h3-5,7,13H,2,6,8-12,14H2,1H3,(H,28,32)(H,27,29,30);1H. The Bertz CT molecular complexity index is 1150. The molecule has 0 radical (unpaired) electrons. The summed E-state index contributed by atoms with van der Waals surface area (Å²) in [4.78, 5) is 26.0. The number of alkyl halides is 3. The van der Waals surface area contributed by atoms with Crippen LogP contribution in [0.1, 0.15) is 27.9 Å². The minimum absolute atomic E-state index is 0. The zero-order valence-corrected chi connectivity index (χ0v) is 20.0. The summed E-state index contributed by atoms with van der Waals surface area (Å²) in [7, 11) is 1.58. The number of rotatable bonds is 8. The van der Waals surface area contributed by atoms with Crippen LogP contribution in [0.3, 0.4) is 0 Å². The first-order chi connectivity index (χ1) is 16.4. The van der Waals surface area contributed by atoms with Crippen LogP contribution in [-0.2, 0) is 22.2 Å². The number of ether oxygens (including phenoxy) is 2. The van der Waals surface area contributed by atoms with Crippen molar-refractivity contribution in [1.82, 2.24) is 25.2 Å². The second-order valence-corrected chi connectivity index (χ2v) is 8.00. The Hall–Kier alpha value is -2.73. The molecule has 0 spiro atoms. The first-order valence-electron chi connectivity index (χ1n) is 11.0. The van der Waals surface area contributed by atoms with Gasteiger partial charge in [0, 0.05) is 51.7 Å². The van der Waals surface area contributed by atoms with Gasteiger partial charge in [-0.1, -0.05) is 12.1 Å². The molecule has 1 amide bonds. The van der Waals surface area contributed by atoms with Crippen molar-refractivity contribution in [3.8, 4) is 11.4 Å².